The SMILES string of the molecule is Cc1ccc(N2C[C@H](C(=O)Oc3cccc(N4C(=O)[C@@H]5[C@H]6C=C[C@@H]([C@@H]7C[C@H]67)[C@@H]5C4=O)c3)CC2=O)c(C)c1. The number of aryl methyl sites for hydroxylation is 2. The number of amides is 3. The molecule has 0 spiro atoms. The van der Waals surface area contributed by atoms with Crippen LogP contribution < -0.4 is 14.5 Å². The summed E-state index contributed by atoms with van der Waals surface area (Å²) in [6, 6.07) is 12.5. The van der Waals surface area contributed by atoms with Crippen molar-refractivity contribution in [2.45, 2.75) is 26.7 Å². The number of hydrogen-bond acceptors (Lipinski definition) is 5. The molecule has 0 N–H and O–H groups in total. The van der Waals surface area contributed by atoms with Crippen molar-refractivity contribution >= 4 is 35.1 Å². The second-order valence-electron chi connectivity index (χ2n) is 11.3. The lowest BCUT2D eigenvalue weighted by Gasteiger charge is -2.37. The average molecular weight is 497 g/mol. The zero-order valence-electron chi connectivity index (χ0n) is 20.8. The van der Waals surface area contributed by atoms with Gasteiger partial charge in [-0.3, -0.25) is 19.2 Å². The van der Waals surface area contributed by atoms with Crippen LogP contribution in [0.3, 0.4) is 0 Å². The van der Waals surface area contributed by atoms with Crippen LogP contribution in [0.1, 0.15) is 24.0 Å². The highest BCUT2D eigenvalue weighted by Crippen LogP contribution is 2.65. The number of carbonyl (C=O) groups is 4. The van der Waals surface area contributed by atoms with Crippen LogP contribution in [0.15, 0.2) is 54.6 Å². The zero-order chi connectivity index (χ0) is 25.6. The highest BCUT2D eigenvalue weighted by Gasteiger charge is 2.67. The van der Waals surface area contributed by atoms with E-state index in [-0.39, 0.29) is 60.1 Å². The Kier molecular flexibility index (Phi) is 4.78. The van der Waals surface area contributed by atoms with Gasteiger partial charge in [-0.15, -0.1) is 0 Å². The molecule has 7 atom stereocenters. The predicted octanol–water partition coefficient (Wildman–Crippen LogP) is 3.82. The van der Waals surface area contributed by atoms with Crippen LogP contribution in [0.5, 0.6) is 5.75 Å². The van der Waals surface area contributed by atoms with Gasteiger partial charge in [-0.2, -0.15) is 0 Å². The lowest BCUT2D eigenvalue weighted by molar-refractivity contribution is -0.139. The van der Waals surface area contributed by atoms with Crippen molar-refractivity contribution in [2.24, 2.45) is 41.4 Å². The number of allylic oxidation sites excluding steroid dienone is 2. The maximum atomic E-state index is 13.4. The van der Waals surface area contributed by atoms with Gasteiger partial charge in [-0.05, 0) is 67.7 Å². The van der Waals surface area contributed by atoms with E-state index in [2.05, 4.69) is 12.2 Å². The molecule has 188 valence electrons. The third-order valence-electron chi connectivity index (χ3n) is 9.06. The Morgan fingerprint density at radius 3 is 2.30 bits per heavy atom. The Labute approximate surface area is 215 Å². The quantitative estimate of drug-likeness (QED) is 0.278. The van der Waals surface area contributed by atoms with E-state index in [0.29, 0.717) is 17.5 Å². The van der Waals surface area contributed by atoms with E-state index >= 15 is 0 Å². The molecule has 7 heteroatoms. The van der Waals surface area contributed by atoms with Crippen molar-refractivity contribution in [3.05, 3.63) is 65.7 Å². The molecule has 37 heavy (non-hydrogen) atoms. The number of nitrogens with zero attached hydrogens (tertiary/aromatic N) is 2. The molecule has 7 nitrogen and oxygen atoms in total. The van der Waals surface area contributed by atoms with Gasteiger partial charge in [0.25, 0.3) is 0 Å². The van der Waals surface area contributed by atoms with Crippen molar-refractivity contribution < 1.29 is 23.9 Å². The predicted molar refractivity (Wildman–Crippen MR) is 136 cm³/mol. The van der Waals surface area contributed by atoms with Gasteiger partial charge in [-0.1, -0.05) is 35.9 Å². The fraction of sp³-hybridized carbons (Fsp3) is 0.400. The second-order valence-corrected chi connectivity index (χ2v) is 11.3. The highest BCUT2D eigenvalue weighted by atomic mass is 16.5. The minimum absolute atomic E-state index is 0.0798. The first-order valence-electron chi connectivity index (χ1n) is 13.1. The molecule has 2 aromatic rings. The van der Waals surface area contributed by atoms with Crippen molar-refractivity contribution in [3.8, 4) is 5.75 Å². The van der Waals surface area contributed by atoms with E-state index in [4.69, 9.17) is 4.74 Å². The number of ether oxygens (including phenoxy) is 1. The Morgan fingerprint density at radius 2 is 1.62 bits per heavy atom. The van der Waals surface area contributed by atoms with Gasteiger partial charge in [0.15, 0.2) is 0 Å². The van der Waals surface area contributed by atoms with Gasteiger partial charge in [0.1, 0.15) is 5.75 Å². The first-order chi connectivity index (χ1) is 17.8. The van der Waals surface area contributed by atoms with Crippen LogP contribution in [-0.4, -0.2) is 30.2 Å². The molecule has 0 unspecified atom stereocenters. The summed E-state index contributed by atoms with van der Waals surface area (Å²) in [5.74, 6) is -0.394. The Hall–Kier alpha value is -3.74. The molecule has 0 aromatic heterocycles. The van der Waals surface area contributed by atoms with E-state index < -0.39 is 11.9 Å². The second kappa shape index (κ2) is 7.88. The number of anilines is 2. The normalized spacial score (nSPS) is 33.1. The van der Waals surface area contributed by atoms with E-state index in [1.165, 1.54) is 4.90 Å². The standard InChI is InChI=1S/C30H28N2O5/c1-15-6-9-24(16(2)10-15)31-14-17(11-25(31)33)30(36)37-19-5-3-4-18(12-19)32-28(34)26-20-7-8-21(23-13-22(20)23)27(26)29(32)35/h3-10,12,17,20-23,26-27H,11,13-14H2,1-2H3/t17-,20+,21+,22-,23+,26-,27+/m1/s1. The highest BCUT2D eigenvalue weighted by molar-refractivity contribution is 6.22. The molecule has 2 bridgehead atoms. The first kappa shape index (κ1) is 22.5. The van der Waals surface area contributed by atoms with Crippen LogP contribution >= 0.6 is 0 Å². The molecule has 3 amide bonds. The van der Waals surface area contributed by atoms with E-state index in [1.807, 2.05) is 32.0 Å². The van der Waals surface area contributed by atoms with Gasteiger partial charge in [0, 0.05) is 24.7 Å². The number of hydrogen-bond donors (Lipinski definition) is 0. The summed E-state index contributed by atoms with van der Waals surface area (Å²) < 4.78 is 5.67. The fourth-order valence-electron chi connectivity index (χ4n) is 7.30. The molecule has 2 aliphatic heterocycles. The molecular formula is C30H28N2O5. The lowest BCUT2D eigenvalue weighted by Crippen LogP contribution is -2.40. The van der Waals surface area contributed by atoms with Crippen LogP contribution in [-0.2, 0) is 19.2 Å². The molecule has 2 aromatic carbocycles. The summed E-state index contributed by atoms with van der Waals surface area (Å²) in [6.07, 6.45) is 5.50. The van der Waals surface area contributed by atoms with Crippen molar-refractivity contribution in [2.75, 3.05) is 16.3 Å². The smallest absolute Gasteiger partial charge is 0.316 e. The van der Waals surface area contributed by atoms with Crippen molar-refractivity contribution in [1.82, 2.24) is 0 Å². The van der Waals surface area contributed by atoms with Crippen LogP contribution in [0.4, 0.5) is 11.4 Å². The fourth-order valence-corrected chi connectivity index (χ4v) is 7.30. The maximum absolute atomic E-state index is 13.4. The van der Waals surface area contributed by atoms with Gasteiger partial charge in [-0.25, -0.2) is 4.90 Å². The van der Waals surface area contributed by atoms with Crippen LogP contribution in [0, 0.1) is 55.3 Å². The average Bonchev–Trinajstić information content (AvgIpc) is 3.55. The summed E-state index contributed by atoms with van der Waals surface area (Å²) in [4.78, 5) is 55.5. The Balaban J connectivity index is 1.08. The molecule has 6 aliphatic rings. The molecule has 2 saturated carbocycles. The van der Waals surface area contributed by atoms with Gasteiger partial charge < -0.3 is 9.64 Å². The minimum Gasteiger partial charge on any atom is -0.426 e. The lowest BCUT2D eigenvalue weighted by atomic mass is 9.63. The summed E-state index contributed by atoms with van der Waals surface area (Å²) in [7, 11) is 0. The minimum atomic E-state index is -0.594. The zero-order valence-corrected chi connectivity index (χ0v) is 20.8. The topological polar surface area (TPSA) is 84.0 Å². The number of imide groups is 1. The Bertz CT molecular complexity index is 1380. The van der Waals surface area contributed by atoms with E-state index in [9.17, 15) is 19.2 Å². The first-order valence-corrected chi connectivity index (χ1v) is 13.1. The molecule has 8 rings (SSSR count). The molecule has 4 aliphatic carbocycles. The van der Waals surface area contributed by atoms with Crippen LogP contribution in [0.25, 0.3) is 0 Å². The molecule has 2 saturated heterocycles. The maximum Gasteiger partial charge on any atom is 0.316 e. The van der Waals surface area contributed by atoms with E-state index in [0.717, 1.165) is 23.2 Å². The van der Waals surface area contributed by atoms with Gasteiger partial charge in [0.2, 0.25) is 17.7 Å². The Morgan fingerprint density at radius 1 is 0.919 bits per heavy atom. The number of benzene rings is 2. The molecule has 0 radical (unpaired) electrons. The number of esters is 1. The van der Waals surface area contributed by atoms with Crippen LogP contribution in [0.2, 0.25) is 0 Å². The number of carbonyl (C=O) groups excluding carboxylic acids is 4. The third-order valence-corrected chi connectivity index (χ3v) is 9.06. The van der Waals surface area contributed by atoms with Crippen molar-refractivity contribution in [3.63, 3.8) is 0 Å². The third kappa shape index (κ3) is 3.32. The largest absolute Gasteiger partial charge is 0.426 e. The summed E-state index contributed by atoms with van der Waals surface area (Å²) in [5, 5.41) is 0. The summed E-state index contributed by atoms with van der Waals surface area (Å²) in [5.41, 5.74) is 3.33. The molecular weight excluding hydrogens is 468 g/mol. The van der Waals surface area contributed by atoms with E-state index in [1.54, 1.807) is 29.2 Å². The number of rotatable bonds is 4. The van der Waals surface area contributed by atoms with Gasteiger partial charge in [0.05, 0.1) is 23.4 Å². The molecule has 2 heterocycles. The van der Waals surface area contributed by atoms with Gasteiger partial charge >= 0.3 is 5.97 Å². The summed E-state index contributed by atoms with van der Waals surface area (Å²) >= 11 is 0. The van der Waals surface area contributed by atoms with Crippen molar-refractivity contribution in [1.29, 1.82) is 0 Å². The molecule has 4 fully saturated rings. The monoisotopic (exact) mass is 496 g/mol. The summed E-state index contributed by atoms with van der Waals surface area (Å²) in [6.45, 7) is 4.21.